The SMILES string of the molecule is CCOc1ccccc1N(CC)S(=O)(=O)c1ccccc1[N+](=O)[O-]. The zero-order valence-corrected chi connectivity index (χ0v) is 14.2. The van der Waals surface area contributed by atoms with Gasteiger partial charge in [-0.05, 0) is 32.0 Å². The summed E-state index contributed by atoms with van der Waals surface area (Å²) in [5, 5.41) is 11.2. The molecule has 7 nitrogen and oxygen atoms in total. The minimum atomic E-state index is -4.11. The predicted molar refractivity (Wildman–Crippen MR) is 90.9 cm³/mol. The third-order valence-electron chi connectivity index (χ3n) is 3.35. The van der Waals surface area contributed by atoms with Gasteiger partial charge in [0.05, 0.1) is 17.2 Å². The summed E-state index contributed by atoms with van der Waals surface area (Å²) < 4.78 is 32.6. The number of hydrogen-bond donors (Lipinski definition) is 0. The smallest absolute Gasteiger partial charge is 0.289 e. The molecule has 128 valence electrons. The highest BCUT2D eigenvalue weighted by atomic mass is 32.2. The number of nitro groups is 1. The van der Waals surface area contributed by atoms with Gasteiger partial charge in [-0.15, -0.1) is 0 Å². The van der Waals surface area contributed by atoms with E-state index in [4.69, 9.17) is 4.74 Å². The molecular weight excluding hydrogens is 332 g/mol. The molecule has 0 saturated heterocycles. The topological polar surface area (TPSA) is 89.8 Å². The molecule has 24 heavy (non-hydrogen) atoms. The van der Waals surface area contributed by atoms with E-state index in [-0.39, 0.29) is 11.4 Å². The van der Waals surface area contributed by atoms with Crippen LogP contribution >= 0.6 is 0 Å². The molecule has 2 aromatic rings. The number of nitro benzene ring substituents is 1. The van der Waals surface area contributed by atoms with Gasteiger partial charge >= 0.3 is 0 Å². The van der Waals surface area contributed by atoms with Gasteiger partial charge in [0.1, 0.15) is 5.75 Å². The third-order valence-corrected chi connectivity index (χ3v) is 5.29. The fourth-order valence-corrected chi connectivity index (χ4v) is 4.00. The van der Waals surface area contributed by atoms with Crippen LogP contribution in [-0.4, -0.2) is 26.5 Å². The van der Waals surface area contributed by atoms with Gasteiger partial charge in [-0.2, -0.15) is 0 Å². The summed E-state index contributed by atoms with van der Waals surface area (Å²) in [4.78, 5) is 10.1. The fourth-order valence-electron chi connectivity index (χ4n) is 2.36. The first kappa shape index (κ1) is 17.7. The average molecular weight is 350 g/mol. The van der Waals surface area contributed by atoms with Crippen molar-refractivity contribution < 1.29 is 18.1 Å². The highest BCUT2D eigenvalue weighted by Crippen LogP contribution is 2.34. The largest absolute Gasteiger partial charge is 0.492 e. The lowest BCUT2D eigenvalue weighted by Gasteiger charge is -2.24. The summed E-state index contributed by atoms with van der Waals surface area (Å²) >= 11 is 0. The van der Waals surface area contributed by atoms with Gasteiger partial charge in [0, 0.05) is 12.6 Å². The molecule has 0 fully saturated rings. The number of para-hydroxylation sites is 3. The first-order valence-corrected chi connectivity index (χ1v) is 8.85. The van der Waals surface area contributed by atoms with E-state index in [9.17, 15) is 18.5 Å². The van der Waals surface area contributed by atoms with E-state index in [0.29, 0.717) is 18.0 Å². The zero-order valence-electron chi connectivity index (χ0n) is 13.4. The van der Waals surface area contributed by atoms with Crippen molar-refractivity contribution >= 4 is 21.4 Å². The molecule has 0 aliphatic carbocycles. The van der Waals surface area contributed by atoms with Crippen LogP contribution in [0.5, 0.6) is 5.75 Å². The van der Waals surface area contributed by atoms with Crippen molar-refractivity contribution in [3.63, 3.8) is 0 Å². The molecule has 0 spiro atoms. The molecule has 0 atom stereocenters. The number of benzene rings is 2. The minimum absolute atomic E-state index is 0.110. The summed E-state index contributed by atoms with van der Waals surface area (Å²) in [5.74, 6) is 0.406. The third kappa shape index (κ3) is 3.33. The van der Waals surface area contributed by atoms with E-state index >= 15 is 0 Å². The summed E-state index contributed by atoms with van der Waals surface area (Å²) in [5.41, 5.74) is -0.107. The molecule has 0 aliphatic heterocycles. The molecule has 0 bridgehead atoms. The van der Waals surface area contributed by atoms with E-state index in [1.165, 1.54) is 24.3 Å². The number of sulfonamides is 1. The van der Waals surface area contributed by atoms with Gasteiger partial charge in [0.15, 0.2) is 4.90 Å². The van der Waals surface area contributed by atoms with E-state index < -0.39 is 20.6 Å². The fraction of sp³-hybridized carbons (Fsp3) is 0.250. The van der Waals surface area contributed by atoms with Gasteiger partial charge in [-0.25, -0.2) is 8.42 Å². The van der Waals surface area contributed by atoms with Crippen molar-refractivity contribution in [2.45, 2.75) is 18.7 Å². The van der Waals surface area contributed by atoms with Gasteiger partial charge in [0.25, 0.3) is 15.7 Å². The maximum absolute atomic E-state index is 13.0. The summed E-state index contributed by atoms with van der Waals surface area (Å²) in [6, 6.07) is 12.0. The van der Waals surface area contributed by atoms with Crippen LogP contribution < -0.4 is 9.04 Å². The lowest BCUT2D eigenvalue weighted by Crippen LogP contribution is -2.31. The molecule has 0 amide bonds. The van der Waals surface area contributed by atoms with Crippen molar-refractivity contribution in [1.29, 1.82) is 0 Å². The lowest BCUT2D eigenvalue weighted by atomic mass is 10.3. The van der Waals surface area contributed by atoms with Gasteiger partial charge < -0.3 is 4.74 Å². The van der Waals surface area contributed by atoms with Crippen LogP contribution in [0.2, 0.25) is 0 Å². The van der Waals surface area contributed by atoms with E-state index in [1.54, 1.807) is 38.1 Å². The Labute approximate surface area is 140 Å². The predicted octanol–water partition coefficient (Wildman–Crippen LogP) is 3.21. The Kier molecular flexibility index (Phi) is 5.40. The maximum atomic E-state index is 13.0. The van der Waals surface area contributed by atoms with Gasteiger partial charge in [-0.3, -0.25) is 14.4 Å². The molecule has 2 aromatic carbocycles. The Bertz CT molecular complexity index is 836. The summed E-state index contributed by atoms with van der Waals surface area (Å²) in [6.45, 7) is 3.94. The Morgan fingerprint density at radius 1 is 1.08 bits per heavy atom. The lowest BCUT2D eigenvalue weighted by molar-refractivity contribution is -0.387. The number of hydrogen-bond acceptors (Lipinski definition) is 5. The van der Waals surface area contributed by atoms with E-state index in [1.807, 2.05) is 0 Å². The highest BCUT2D eigenvalue weighted by Gasteiger charge is 2.32. The molecule has 0 saturated carbocycles. The quantitative estimate of drug-likeness (QED) is 0.565. The molecule has 0 aromatic heterocycles. The van der Waals surface area contributed by atoms with Crippen molar-refractivity contribution in [2.24, 2.45) is 0 Å². The first-order chi connectivity index (χ1) is 11.4. The minimum Gasteiger partial charge on any atom is -0.492 e. The van der Waals surface area contributed by atoms with E-state index in [2.05, 4.69) is 0 Å². The number of rotatable bonds is 7. The van der Waals surface area contributed by atoms with Crippen molar-refractivity contribution in [3.05, 3.63) is 58.6 Å². The van der Waals surface area contributed by atoms with Crippen molar-refractivity contribution in [3.8, 4) is 5.75 Å². The zero-order chi connectivity index (χ0) is 17.7. The van der Waals surface area contributed by atoms with Crippen LogP contribution in [0, 0.1) is 10.1 Å². The molecule has 0 N–H and O–H groups in total. The normalized spacial score (nSPS) is 11.1. The second kappa shape index (κ2) is 7.31. The van der Waals surface area contributed by atoms with Crippen LogP contribution in [-0.2, 0) is 10.0 Å². The Balaban J connectivity index is 2.61. The van der Waals surface area contributed by atoms with Crippen LogP contribution in [0.1, 0.15) is 13.8 Å². The van der Waals surface area contributed by atoms with Gasteiger partial charge in [-0.1, -0.05) is 24.3 Å². The molecular formula is C16H18N2O5S. The number of nitrogens with zero attached hydrogens (tertiary/aromatic N) is 2. The molecule has 0 unspecified atom stereocenters. The molecule has 2 rings (SSSR count). The Hall–Kier alpha value is -2.61. The van der Waals surface area contributed by atoms with Crippen LogP contribution in [0.4, 0.5) is 11.4 Å². The highest BCUT2D eigenvalue weighted by molar-refractivity contribution is 7.93. The first-order valence-electron chi connectivity index (χ1n) is 7.41. The average Bonchev–Trinajstić information content (AvgIpc) is 2.57. The Morgan fingerprint density at radius 2 is 1.71 bits per heavy atom. The molecule has 0 heterocycles. The van der Waals surface area contributed by atoms with Crippen molar-refractivity contribution in [1.82, 2.24) is 0 Å². The van der Waals surface area contributed by atoms with Crippen LogP contribution in [0.25, 0.3) is 0 Å². The number of ether oxygens (including phenoxy) is 1. The second-order valence-electron chi connectivity index (χ2n) is 4.80. The van der Waals surface area contributed by atoms with Crippen molar-refractivity contribution in [2.75, 3.05) is 17.5 Å². The van der Waals surface area contributed by atoms with Gasteiger partial charge in [0.2, 0.25) is 0 Å². The monoisotopic (exact) mass is 350 g/mol. The van der Waals surface area contributed by atoms with Crippen LogP contribution in [0.3, 0.4) is 0 Å². The molecule has 8 heteroatoms. The molecule has 0 radical (unpaired) electrons. The number of anilines is 1. The maximum Gasteiger partial charge on any atom is 0.289 e. The van der Waals surface area contributed by atoms with Crippen LogP contribution in [0.15, 0.2) is 53.4 Å². The van der Waals surface area contributed by atoms with E-state index in [0.717, 1.165) is 4.31 Å². The standard InChI is InChI=1S/C16H18N2O5S/c1-3-17(13-9-5-7-11-15(13)23-4-2)24(21,22)16-12-8-6-10-14(16)18(19)20/h5-12H,3-4H2,1-2H3. The second-order valence-corrected chi connectivity index (χ2v) is 6.63. The molecule has 0 aliphatic rings. The summed E-state index contributed by atoms with van der Waals surface area (Å²) in [7, 11) is -4.11. The Morgan fingerprint density at radius 3 is 2.33 bits per heavy atom. The summed E-state index contributed by atoms with van der Waals surface area (Å²) in [6.07, 6.45) is 0.